The molecule has 1 N–H and O–H groups in total. The fourth-order valence-electron chi connectivity index (χ4n) is 3.52. The minimum atomic E-state index is -5.08. The Balaban J connectivity index is 0.000000360. The normalized spacial score (nSPS) is 15.4. The third-order valence-electron chi connectivity index (χ3n) is 5.02. The van der Waals surface area contributed by atoms with Crippen LogP contribution in [0.4, 0.5) is 13.2 Å². The summed E-state index contributed by atoms with van der Waals surface area (Å²) in [5.74, 6) is -1.58. The first-order chi connectivity index (χ1) is 15.2. The van der Waals surface area contributed by atoms with E-state index in [1.165, 1.54) is 11.1 Å². The molecule has 10 heteroatoms. The average Bonchev–Trinajstić information content (AvgIpc) is 3.21. The molecule has 0 fully saturated rings. The number of carbonyl (C=O) groups excluding carboxylic acids is 1. The number of alkyl halides is 3. The fraction of sp³-hybridized carbons (Fsp3) is 0.273. The van der Waals surface area contributed by atoms with Gasteiger partial charge in [0, 0.05) is 44.8 Å². The van der Waals surface area contributed by atoms with Crippen molar-refractivity contribution in [2.45, 2.75) is 32.1 Å². The van der Waals surface area contributed by atoms with E-state index in [2.05, 4.69) is 38.8 Å². The average molecular weight is 446 g/mol. The van der Waals surface area contributed by atoms with Gasteiger partial charge in [-0.1, -0.05) is 30.3 Å². The van der Waals surface area contributed by atoms with Crippen LogP contribution >= 0.6 is 0 Å². The Morgan fingerprint density at radius 1 is 1.16 bits per heavy atom. The van der Waals surface area contributed by atoms with E-state index < -0.39 is 12.1 Å². The van der Waals surface area contributed by atoms with E-state index >= 15 is 0 Å². The zero-order chi connectivity index (χ0) is 23.3. The highest BCUT2D eigenvalue weighted by molar-refractivity contribution is 5.74. The molecule has 3 aromatic rings. The summed E-state index contributed by atoms with van der Waals surface area (Å²) in [6, 6.07) is 12.4. The monoisotopic (exact) mass is 446 g/mol. The Morgan fingerprint density at radius 3 is 2.50 bits per heavy atom. The van der Waals surface area contributed by atoms with Gasteiger partial charge in [0.2, 0.25) is 5.91 Å². The van der Waals surface area contributed by atoms with Gasteiger partial charge in [0.25, 0.3) is 0 Å². The number of benzene rings is 1. The molecule has 168 valence electrons. The molecule has 0 saturated carbocycles. The second kappa shape index (κ2) is 9.63. The lowest BCUT2D eigenvalue weighted by Crippen LogP contribution is -2.38. The summed E-state index contributed by atoms with van der Waals surface area (Å²) in [7, 11) is 0. The van der Waals surface area contributed by atoms with Crippen LogP contribution in [-0.4, -0.2) is 49.1 Å². The van der Waals surface area contributed by atoms with E-state index in [0.717, 1.165) is 17.9 Å². The number of carboxylic acids is 1. The molecule has 32 heavy (non-hydrogen) atoms. The first kappa shape index (κ1) is 23.0. The molecule has 0 radical (unpaired) electrons. The summed E-state index contributed by atoms with van der Waals surface area (Å²) in [5.41, 5.74) is 3.60. The SMILES string of the molecule is CC(=O)N1Cc2ccccc2C(c2nccn2Cc2cccnc2)C1.O=C(O)C(F)(F)F. The molecular weight excluding hydrogens is 425 g/mol. The van der Waals surface area contributed by atoms with Gasteiger partial charge in [-0.25, -0.2) is 9.78 Å². The number of nitrogens with zero attached hydrogens (tertiary/aromatic N) is 4. The van der Waals surface area contributed by atoms with Gasteiger partial charge in [0.1, 0.15) is 5.82 Å². The number of pyridine rings is 1. The van der Waals surface area contributed by atoms with Crippen molar-refractivity contribution >= 4 is 11.9 Å². The molecule has 0 spiro atoms. The number of carboxylic acid groups (broad SMARTS) is 1. The Labute approximate surface area is 182 Å². The van der Waals surface area contributed by atoms with Crippen LogP contribution in [0.2, 0.25) is 0 Å². The van der Waals surface area contributed by atoms with Crippen LogP contribution in [-0.2, 0) is 22.7 Å². The Hall–Kier alpha value is -3.69. The number of fused-ring (bicyclic) bond motifs is 1. The number of carbonyl (C=O) groups is 2. The third kappa shape index (κ3) is 5.51. The van der Waals surface area contributed by atoms with Crippen molar-refractivity contribution in [3.05, 3.63) is 83.7 Å². The van der Waals surface area contributed by atoms with Crippen LogP contribution in [0.25, 0.3) is 0 Å². The number of rotatable bonds is 3. The predicted octanol–water partition coefficient (Wildman–Crippen LogP) is 3.45. The van der Waals surface area contributed by atoms with E-state index in [1.807, 2.05) is 35.6 Å². The smallest absolute Gasteiger partial charge is 0.475 e. The minimum Gasteiger partial charge on any atom is -0.475 e. The van der Waals surface area contributed by atoms with Gasteiger partial charge in [0.15, 0.2) is 0 Å². The fourth-order valence-corrected chi connectivity index (χ4v) is 3.52. The number of aromatic nitrogens is 3. The quantitative estimate of drug-likeness (QED) is 0.666. The van der Waals surface area contributed by atoms with E-state index in [0.29, 0.717) is 13.1 Å². The Kier molecular flexibility index (Phi) is 6.92. The lowest BCUT2D eigenvalue weighted by molar-refractivity contribution is -0.192. The number of amides is 1. The summed E-state index contributed by atoms with van der Waals surface area (Å²) in [4.78, 5) is 31.6. The molecule has 1 amide bonds. The first-order valence-corrected chi connectivity index (χ1v) is 9.70. The molecule has 7 nitrogen and oxygen atoms in total. The lowest BCUT2D eigenvalue weighted by atomic mass is 9.89. The van der Waals surface area contributed by atoms with Crippen molar-refractivity contribution in [2.24, 2.45) is 0 Å². The van der Waals surface area contributed by atoms with Crippen molar-refractivity contribution in [1.29, 1.82) is 0 Å². The molecule has 0 bridgehead atoms. The van der Waals surface area contributed by atoms with Crippen LogP contribution in [0.3, 0.4) is 0 Å². The zero-order valence-corrected chi connectivity index (χ0v) is 17.2. The molecule has 1 aliphatic heterocycles. The van der Waals surface area contributed by atoms with Crippen LogP contribution < -0.4 is 0 Å². The maximum Gasteiger partial charge on any atom is 0.490 e. The molecule has 1 atom stereocenters. The second-order valence-electron chi connectivity index (χ2n) is 7.23. The number of aliphatic carboxylic acids is 1. The molecule has 0 aliphatic carbocycles. The molecule has 3 heterocycles. The second-order valence-corrected chi connectivity index (χ2v) is 7.23. The number of hydrogen-bond acceptors (Lipinski definition) is 4. The summed E-state index contributed by atoms with van der Waals surface area (Å²) < 4.78 is 33.9. The van der Waals surface area contributed by atoms with Crippen molar-refractivity contribution in [3.63, 3.8) is 0 Å². The number of imidazole rings is 1. The number of hydrogen-bond donors (Lipinski definition) is 1. The maximum atomic E-state index is 12.0. The Morgan fingerprint density at radius 2 is 1.88 bits per heavy atom. The molecular formula is C22H21F3N4O3. The van der Waals surface area contributed by atoms with E-state index in [1.54, 1.807) is 13.1 Å². The van der Waals surface area contributed by atoms with Crippen molar-refractivity contribution in [3.8, 4) is 0 Å². The third-order valence-corrected chi connectivity index (χ3v) is 5.02. The summed E-state index contributed by atoms with van der Waals surface area (Å²) in [6.45, 7) is 3.69. The van der Waals surface area contributed by atoms with Crippen LogP contribution in [0, 0.1) is 0 Å². The lowest BCUT2D eigenvalue weighted by Gasteiger charge is -2.34. The number of halogens is 3. The highest BCUT2D eigenvalue weighted by Crippen LogP contribution is 2.33. The summed E-state index contributed by atoms with van der Waals surface area (Å²) >= 11 is 0. The van der Waals surface area contributed by atoms with E-state index in [-0.39, 0.29) is 11.8 Å². The summed E-state index contributed by atoms with van der Waals surface area (Å²) in [6.07, 6.45) is 2.40. The van der Waals surface area contributed by atoms with Crippen molar-refractivity contribution in [2.75, 3.05) is 6.54 Å². The van der Waals surface area contributed by atoms with Gasteiger partial charge in [-0.2, -0.15) is 13.2 Å². The van der Waals surface area contributed by atoms with E-state index in [4.69, 9.17) is 9.90 Å². The van der Waals surface area contributed by atoms with Gasteiger partial charge in [-0.05, 0) is 22.8 Å². The summed E-state index contributed by atoms with van der Waals surface area (Å²) in [5, 5.41) is 7.12. The predicted molar refractivity (Wildman–Crippen MR) is 109 cm³/mol. The zero-order valence-electron chi connectivity index (χ0n) is 17.2. The molecule has 1 unspecified atom stereocenters. The maximum absolute atomic E-state index is 12.0. The molecule has 1 aliphatic rings. The molecule has 2 aromatic heterocycles. The molecule has 1 aromatic carbocycles. The first-order valence-electron chi connectivity index (χ1n) is 9.70. The van der Waals surface area contributed by atoms with Gasteiger partial charge in [-0.3, -0.25) is 9.78 Å². The topological polar surface area (TPSA) is 88.3 Å². The van der Waals surface area contributed by atoms with Crippen molar-refractivity contribution < 1.29 is 27.9 Å². The molecule has 0 saturated heterocycles. The molecule has 4 rings (SSSR count). The minimum absolute atomic E-state index is 0.0838. The van der Waals surface area contributed by atoms with Crippen molar-refractivity contribution in [1.82, 2.24) is 19.4 Å². The van der Waals surface area contributed by atoms with Crippen LogP contribution in [0.15, 0.2) is 61.2 Å². The van der Waals surface area contributed by atoms with Gasteiger partial charge < -0.3 is 14.6 Å². The van der Waals surface area contributed by atoms with Gasteiger partial charge >= 0.3 is 12.1 Å². The highest BCUT2D eigenvalue weighted by atomic mass is 19.4. The standard InChI is InChI=1S/C20H20N4O.C2HF3O2/c1-15(25)24-13-17-6-2-3-7-18(17)19(14-24)20-22-9-10-23(20)12-16-5-4-8-21-11-16;3-2(4,5)1(6)7/h2-11,19H,12-14H2,1H3;(H,6,7). The van der Waals surface area contributed by atoms with Gasteiger partial charge in [0.05, 0.1) is 12.5 Å². The van der Waals surface area contributed by atoms with Crippen LogP contribution in [0.5, 0.6) is 0 Å². The highest BCUT2D eigenvalue weighted by Gasteiger charge is 2.38. The van der Waals surface area contributed by atoms with Crippen LogP contribution in [0.1, 0.15) is 35.4 Å². The van der Waals surface area contributed by atoms with Gasteiger partial charge in [-0.15, -0.1) is 0 Å². The Bertz CT molecular complexity index is 1080. The van der Waals surface area contributed by atoms with E-state index in [9.17, 15) is 18.0 Å². The largest absolute Gasteiger partial charge is 0.490 e.